The number of benzene rings is 1. The Kier molecular flexibility index (Phi) is 4.83. The van der Waals surface area contributed by atoms with Crippen LogP contribution in [0.15, 0.2) is 23.1 Å². The molecule has 2 atom stereocenters. The van der Waals surface area contributed by atoms with Gasteiger partial charge in [0, 0.05) is 6.54 Å². The van der Waals surface area contributed by atoms with Crippen LogP contribution < -0.4 is 4.72 Å². The van der Waals surface area contributed by atoms with Gasteiger partial charge >= 0.3 is 0 Å². The number of hydrogen-bond acceptors (Lipinski definition) is 3. The lowest BCUT2D eigenvalue weighted by Gasteiger charge is -2.26. The molecule has 0 spiro atoms. The van der Waals surface area contributed by atoms with Crippen LogP contribution in [0.2, 0.25) is 0 Å². The molecule has 112 valence electrons. The summed E-state index contributed by atoms with van der Waals surface area (Å²) in [5, 5.41) is 9.62. The van der Waals surface area contributed by atoms with Crippen LogP contribution in [0.25, 0.3) is 0 Å². The summed E-state index contributed by atoms with van der Waals surface area (Å²) < 4.78 is 27.3. The minimum Gasteiger partial charge on any atom is -0.393 e. The normalized spacial score (nSPS) is 23.8. The molecule has 2 unspecified atom stereocenters. The minimum absolute atomic E-state index is 0.235. The van der Waals surface area contributed by atoms with Crippen LogP contribution in [0.4, 0.5) is 0 Å². The summed E-state index contributed by atoms with van der Waals surface area (Å²) in [5.74, 6) is 0.235. The first-order chi connectivity index (χ1) is 9.38. The van der Waals surface area contributed by atoms with Gasteiger partial charge in [-0.3, -0.25) is 0 Å². The SMILES string of the molecule is Cc1ccc(S(=O)(=O)NCC2CCCC(O)C2)c(C)c1. The van der Waals surface area contributed by atoms with E-state index in [9.17, 15) is 13.5 Å². The second-order valence-corrected chi connectivity index (χ2v) is 7.54. The summed E-state index contributed by atoms with van der Waals surface area (Å²) in [4.78, 5) is 0.347. The molecule has 5 heteroatoms. The van der Waals surface area contributed by atoms with Crippen molar-refractivity contribution < 1.29 is 13.5 Å². The Morgan fingerprint density at radius 3 is 2.70 bits per heavy atom. The van der Waals surface area contributed by atoms with E-state index in [4.69, 9.17) is 0 Å². The average molecular weight is 297 g/mol. The van der Waals surface area contributed by atoms with Gasteiger partial charge in [0.2, 0.25) is 10.0 Å². The average Bonchev–Trinajstić information content (AvgIpc) is 2.36. The fourth-order valence-corrected chi connectivity index (χ4v) is 4.19. The molecule has 1 aliphatic rings. The Labute approximate surface area is 121 Å². The van der Waals surface area contributed by atoms with E-state index in [1.165, 1.54) is 0 Å². The molecule has 1 aromatic carbocycles. The molecule has 1 aromatic rings. The lowest BCUT2D eigenvalue weighted by atomic mass is 9.87. The molecule has 0 bridgehead atoms. The zero-order valence-corrected chi connectivity index (χ0v) is 12.9. The number of hydrogen-bond donors (Lipinski definition) is 2. The maximum absolute atomic E-state index is 12.3. The van der Waals surface area contributed by atoms with Crippen LogP contribution in [-0.2, 0) is 10.0 Å². The van der Waals surface area contributed by atoms with E-state index in [-0.39, 0.29) is 12.0 Å². The van der Waals surface area contributed by atoms with Crippen LogP contribution in [-0.4, -0.2) is 26.2 Å². The molecule has 0 saturated heterocycles. The number of aliphatic hydroxyl groups excluding tert-OH is 1. The van der Waals surface area contributed by atoms with Gasteiger partial charge in [0.05, 0.1) is 11.0 Å². The highest BCUT2D eigenvalue weighted by atomic mass is 32.2. The van der Waals surface area contributed by atoms with Gasteiger partial charge in [-0.2, -0.15) is 0 Å². The van der Waals surface area contributed by atoms with Crippen molar-refractivity contribution in [2.45, 2.75) is 50.5 Å². The first-order valence-corrected chi connectivity index (χ1v) is 8.62. The lowest BCUT2D eigenvalue weighted by molar-refractivity contribution is 0.102. The number of aliphatic hydroxyl groups is 1. The number of aryl methyl sites for hydroxylation is 2. The fourth-order valence-electron chi connectivity index (χ4n) is 2.85. The minimum atomic E-state index is -3.46. The molecule has 1 fully saturated rings. The molecule has 0 aliphatic heterocycles. The van der Waals surface area contributed by atoms with Crippen LogP contribution >= 0.6 is 0 Å². The molecule has 0 radical (unpaired) electrons. The molecule has 2 N–H and O–H groups in total. The van der Waals surface area contributed by atoms with Gasteiger partial charge < -0.3 is 5.11 Å². The van der Waals surface area contributed by atoms with E-state index in [0.29, 0.717) is 17.9 Å². The monoisotopic (exact) mass is 297 g/mol. The third-order valence-corrected chi connectivity index (χ3v) is 5.52. The Balaban J connectivity index is 2.03. The molecule has 1 saturated carbocycles. The van der Waals surface area contributed by atoms with Gasteiger partial charge in [0.15, 0.2) is 0 Å². The molecule has 0 heterocycles. The van der Waals surface area contributed by atoms with Crippen LogP contribution in [0.5, 0.6) is 0 Å². The Morgan fingerprint density at radius 1 is 1.30 bits per heavy atom. The quantitative estimate of drug-likeness (QED) is 0.894. The van der Waals surface area contributed by atoms with Gasteiger partial charge in [-0.05, 0) is 50.7 Å². The summed E-state index contributed by atoms with van der Waals surface area (Å²) in [7, 11) is -3.46. The highest BCUT2D eigenvalue weighted by Crippen LogP contribution is 2.24. The van der Waals surface area contributed by atoms with Crippen molar-refractivity contribution in [3.63, 3.8) is 0 Å². The Morgan fingerprint density at radius 2 is 2.05 bits per heavy atom. The van der Waals surface area contributed by atoms with Crippen molar-refractivity contribution in [1.82, 2.24) is 4.72 Å². The van der Waals surface area contributed by atoms with Crippen molar-refractivity contribution in [3.05, 3.63) is 29.3 Å². The first-order valence-electron chi connectivity index (χ1n) is 7.13. The van der Waals surface area contributed by atoms with Gasteiger partial charge in [0.25, 0.3) is 0 Å². The molecule has 1 aliphatic carbocycles. The smallest absolute Gasteiger partial charge is 0.240 e. The van der Waals surface area contributed by atoms with Crippen molar-refractivity contribution in [1.29, 1.82) is 0 Å². The lowest BCUT2D eigenvalue weighted by Crippen LogP contribution is -2.33. The maximum Gasteiger partial charge on any atom is 0.240 e. The molecular formula is C15H23NO3S. The van der Waals surface area contributed by atoms with Crippen LogP contribution in [0.1, 0.15) is 36.8 Å². The standard InChI is InChI=1S/C15H23NO3S/c1-11-6-7-15(12(2)8-11)20(18,19)16-10-13-4-3-5-14(17)9-13/h6-8,13-14,16-17H,3-5,9-10H2,1-2H3. The summed E-state index contributed by atoms with van der Waals surface area (Å²) in [6, 6.07) is 5.34. The predicted molar refractivity (Wildman–Crippen MR) is 79.1 cm³/mol. The summed E-state index contributed by atoms with van der Waals surface area (Å²) >= 11 is 0. The zero-order valence-electron chi connectivity index (χ0n) is 12.1. The van der Waals surface area contributed by atoms with Gasteiger partial charge in [-0.1, -0.05) is 24.1 Å². The van der Waals surface area contributed by atoms with Crippen LogP contribution in [0.3, 0.4) is 0 Å². The van der Waals surface area contributed by atoms with Gasteiger partial charge in [0.1, 0.15) is 0 Å². The Hall–Kier alpha value is -0.910. The van der Waals surface area contributed by atoms with E-state index in [1.54, 1.807) is 6.07 Å². The Bertz CT molecular complexity index is 568. The zero-order chi connectivity index (χ0) is 14.8. The molecule has 4 nitrogen and oxygen atoms in total. The fraction of sp³-hybridized carbons (Fsp3) is 0.600. The topological polar surface area (TPSA) is 66.4 Å². The highest BCUT2D eigenvalue weighted by Gasteiger charge is 2.23. The highest BCUT2D eigenvalue weighted by molar-refractivity contribution is 7.89. The molecule has 20 heavy (non-hydrogen) atoms. The second kappa shape index (κ2) is 6.24. The summed E-state index contributed by atoms with van der Waals surface area (Å²) in [6.45, 7) is 4.17. The third kappa shape index (κ3) is 3.81. The van der Waals surface area contributed by atoms with E-state index in [2.05, 4.69) is 4.72 Å². The van der Waals surface area contributed by atoms with Crippen LogP contribution in [0, 0.1) is 19.8 Å². The maximum atomic E-state index is 12.3. The van der Waals surface area contributed by atoms with Crippen molar-refractivity contribution >= 4 is 10.0 Å². The summed E-state index contributed by atoms with van der Waals surface area (Å²) in [5.41, 5.74) is 1.82. The third-order valence-electron chi connectivity index (χ3n) is 3.94. The largest absolute Gasteiger partial charge is 0.393 e. The van der Waals surface area contributed by atoms with E-state index in [0.717, 1.165) is 30.4 Å². The first kappa shape index (κ1) is 15.5. The number of sulfonamides is 1. The van der Waals surface area contributed by atoms with Crippen molar-refractivity contribution in [2.75, 3.05) is 6.54 Å². The predicted octanol–water partition coefficient (Wildman–Crippen LogP) is 2.13. The molecule has 2 rings (SSSR count). The molecule has 0 aromatic heterocycles. The number of nitrogens with one attached hydrogen (secondary N) is 1. The van der Waals surface area contributed by atoms with Crippen molar-refractivity contribution in [3.8, 4) is 0 Å². The molecular weight excluding hydrogens is 274 g/mol. The van der Waals surface area contributed by atoms with Gasteiger partial charge in [-0.15, -0.1) is 0 Å². The van der Waals surface area contributed by atoms with Crippen molar-refractivity contribution in [2.24, 2.45) is 5.92 Å². The summed E-state index contributed by atoms with van der Waals surface area (Å²) in [6.07, 6.45) is 3.19. The van der Waals surface area contributed by atoms with E-state index in [1.807, 2.05) is 26.0 Å². The van der Waals surface area contributed by atoms with E-state index >= 15 is 0 Å². The van der Waals surface area contributed by atoms with E-state index < -0.39 is 10.0 Å². The molecule has 0 amide bonds. The number of rotatable bonds is 4. The second-order valence-electron chi connectivity index (χ2n) is 5.81. The van der Waals surface area contributed by atoms with Gasteiger partial charge in [-0.25, -0.2) is 13.1 Å².